The average molecular weight is 547 g/mol. The number of carbonyl (C=O) groups excluding carboxylic acids is 1. The van der Waals surface area contributed by atoms with E-state index in [2.05, 4.69) is 31.0 Å². The fourth-order valence-corrected chi connectivity index (χ4v) is 7.13. The Morgan fingerprint density at radius 1 is 0.667 bits per heavy atom. The number of likely N-dealkylation sites (tertiary alicyclic amines) is 1. The number of carbonyl (C=O) groups is 1. The lowest BCUT2D eigenvalue weighted by atomic mass is 9.97. The number of hydrogen-bond acceptors (Lipinski definition) is 2. The zero-order valence-corrected chi connectivity index (χ0v) is 27.0. The molecular weight excluding hydrogens is 476 g/mol. The molecule has 1 N–H and O–H groups in total. The first-order valence-electron chi connectivity index (χ1n) is 18.2. The summed E-state index contributed by atoms with van der Waals surface area (Å²) < 4.78 is 0. The van der Waals surface area contributed by atoms with Gasteiger partial charge in [-0.3, -0.25) is 9.69 Å². The van der Waals surface area contributed by atoms with Gasteiger partial charge in [0.15, 0.2) is 0 Å². The van der Waals surface area contributed by atoms with Crippen LogP contribution in [-0.4, -0.2) is 36.0 Å². The second-order valence-corrected chi connectivity index (χ2v) is 13.4. The van der Waals surface area contributed by atoms with Crippen molar-refractivity contribution in [2.75, 3.05) is 13.1 Å². The molecule has 0 aromatic heterocycles. The first-order chi connectivity index (χ1) is 19.2. The molecule has 1 aliphatic heterocycles. The van der Waals surface area contributed by atoms with Crippen LogP contribution in [0.3, 0.4) is 0 Å². The molecule has 2 rings (SSSR count). The normalized spacial score (nSPS) is 22.2. The fourth-order valence-electron chi connectivity index (χ4n) is 7.13. The van der Waals surface area contributed by atoms with E-state index < -0.39 is 0 Å². The third-order valence-corrected chi connectivity index (χ3v) is 9.95. The molecule has 2 aliphatic rings. The second-order valence-electron chi connectivity index (χ2n) is 13.4. The van der Waals surface area contributed by atoms with E-state index in [4.69, 9.17) is 0 Å². The molecule has 1 saturated carbocycles. The molecule has 0 aromatic carbocycles. The Morgan fingerprint density at radius 3 is 1.67 bits per heavy atom. The Hall–Kier alpha value is -0.570. The summed E-state index contributed by atoms with van der Waals surface area (Å²) in [5.74, 6) is 2.48. The van der Waals surface area contributed by atoms with Crippen molar-refractivity contribution >= 4 is 5.91 Å². The molecule has 3 heteroatoms. The number of nitrogens with zero attached hydrogens (tertiary/aromatic N) is 1. The second kappa shape index (κ2) is 23.0. The summed E-state index contributed by atoms with van der Waals surface area (Å²) in [7, 11) is 0. The smallest absolute Gasteiger partial charge is 0.237 e. The van der Waals surface area contributed by atoms with E-state index in [9.17, 15) is 4.79 Å². The minimum atomic E-state index is 0.118. The van der Waals surface area contributed by atoms with Crippen LogP contribution in [0.15, 0.2) is 0 Å². The van der Waals surface area contributed by atoms with Crippen molar-refractivity contribution in [1.29, 1.82) is 0 Å². The highest BCUT2D eigenvalue weighted by atomic mass is 16.2. The van der Waals surface area contributed by atoms with E-state index in [0.717, 1.165) is 31.3 Å². The van der Waals surface area contributed by atoms with Gasteiger partial charge in [-0.15, -0.1) is 0 Å². The molecule has 4 atom stereocenters. The molecular formula is C36H70N2O. The highest BCUT2D eigenvalue weighted by Gasteiger charge is 2.35. The van der Waals surface area contributed by atoms with Gasteiger partial charge in [-0.1, -0.05) is 156 Å². The summed E-state index contributed by atoms with van der Waals surface area (Å²) >= 11 is 0. The Kier molecular flexibility index (Phi) is 20.5. The van der Waals surface area contributed by atoms with Crippen molar-refractivity contribution in [3.05, 3.63) is 0 Å². The van der Waals surface area contributed by atoms with Crippen molar-refractivity contribution in [1.82, 2.24) is 10.2 Å². The first kappa shape index (κ1) is 34.6. The van der Waals surface area contributed by atoms with Crippen molar-refractivity contribution in [2.24, 2.45) is 11.8 Å². The lowest BCUT2D eigenvalue weighted by Crippen LogP contribution is -2.51. The number of amides is 1. The third kappa shape index (κ3) is 16.5. The van der Waals surface area contributed by atoms with Crippen LogP contribution in [0.1, 0.15) is 188 Å². The molecule has 2 fully saturated rings. The zero-order valence-electron chi connectivity index (χ0n) is 27.0. The topological polar surface area (TPSA) is 32.3 Å². The maximum atomic E-state index is 13.2. The summed E-state index contributed by atoms with van der Waals surface area (Å²) in [6.07, 6.45) is 35.4. The van der Waals surface area contributed by atoms with Crippen LogP contribution in [0.25, 0.3) is 0 Å². The average Bonchev–Trinajstić information content (AvgIpc) is 3.71. The predicted molar refractivity (Wildman–Crippen MR) is 171 cm³/mol. The molecule has 0 bridgehead atoms. The van der Waals surface area contributed by atoms with Gasteiger partial charge in [0.2, 0.25) is 5.91 Å². The van der Waals surface area contributed by atoms with Gasteiger partial charge < -0.3 is 5.32 Å². The Morgan fingerprint density at radius 2 is 1.15 bits per heavy atom. The van der Waals surface area contributed by atoms with E-state index in [0.29, 0.717) is 11.9 Å². The predicted octanol–water partition coefficient (Wildman–Crippen LogP) is 10.6. The monoisotopic (exact) mass is 547 g/mol. The lowest BCUT2D eigenvalue weighted by molar-refractivity contribution is -0.128. The van der Waals surface area contributed by atoms with Crippen molar-refractivity contribution in [3.63, 3.8) is 0 Å². The Bertz CT molecular complexity index is 578. The molecule has 0 aromatic rings. The van der Waals surface area contributed by atoms with Crippen LogP contribution >= 0.6 is 0 Å². The highest BCUT2D eigenvalue weighted by Crippen LogP contribution is 2.45. The van der Waals surface area contributed by atoms with Gasteiger partial charge in [-0.25, -0.2) is 0 Å². The maximum absolute atomic E-state index is 13.2. The molecule has 0 radical (unpaired) electrons. The number of hydrogen-bond donors (Lipinski definition) is 1. The van der Waals surface area contributed by atoms with E-state index in [1.54, 1.807) is 0 Å². The van der Waals surface area contributed by atoms with Gasteiger partial charge in [-0.2, -0.15) is 0 Å². The van der Waals surface area contributed by atoms with E-state index in [-0.39, 0.29) is 6.04 Å². The van der Waals surface area contributed by atoms with Crippen LogP contribution in [0.5, 0.6) is 0 Å². The van der Waals surface area contributed by atoms with Gasteiger partial charge in [0, 0.05) is 6.04 Å². The van der Waals surface area contributed by atoms with E-state index >= 15 is 0 Å². The first-order valence-corrected chi connectivity index (χ1v) is 18.2. The Balaban J connectivity index is 1.56. The minimum Gasteiger partial charge on any atom is -0.352 e. The molecule has 0 spiro atoms. The zero-order chi connectivity index (χ0) is 28.0. The van der Waals surface area contributed by atoms with Gasteiger partial charge in [-0.05, 0) is 57.0 Å². The summed E-state index contributed by atoms with van der Waals surface area (Å²) in [5.41, 5.74) is 0. The fraction of sp³-hybridized carbons (Fsp3) is 0.972. The summed E-state index contributed by atoms with van der Waals surface area (Å²) in [6, 6.07) is 0.510. The van der Waals surface area contributed by atoms with E-state index in [1.807, 2.05) is 0 Å². The third-order valence-electron chi connectivity index (χ3n) is 9.95. The highest BCUT2D eigenvalue weighted by molar-refractivity contribution is 5.82. The Labute approximate surface area is 245 Å². The van der Waals surface area contributed by atoms with Gasteiger partial charge in [0.1, 0.15) is 0 Å². The number of nitrogens with one attached hydrogen (secondary N) is 1. The molecule has 1 heterocycles. The van der Waals surface area contributed by atoms with Crippen LogP contribution in [0.2, 0.25) is 0 Å². The molecule has 39 heavy (non-hydrogen) atoms. The molecule has 0 unspecified atom stereocenters. The summed E-state index contributed by atoms with van der Waals surface area (Å²) in [6.45, 7) is 8.90. The van der Waals surface area contributed by atoms with Crippen molar-refractivity contribution < 1.29 is 4.79 Å². The number of unbranched alkanes of at least 4 members (excludes halogenated alkanes) is 15. The summed E-state index contributed by atoms with van der Waals surface area (Å²) in [4.78, 5) is 15.6. The van der Waals surface area contributed by atoms with Crippen molar-refractivity contribution in [3.8, 4) is 0 Å². The number of rotatable bonds is 26. The minimum absolute atomic E-state index is 0.118. The lowest BCUT2D eigenvalue weighted by Gasteiger charge is -2.34. The molecule has 230 valence electrons. The van der Waals surface area contributed by atoms with Gasteiger partial charge in [0.05, 0.1) is 6.04 Å². The van der Waals surface area contributed by atoms with E-state index in [1.165, 1.54) is 161 Å². The van der Waals surface area contributed by atoms with Gasteiger partial charge in [0.25, 0.3) is 0 Å². The van der Waals surface area contributed by atoms with Crippen LogP contribution in [0.4, 0.5) is 0 Å². The van der Waals surface area contributed by atoms with Gasteiger partial charge >= 0.3 is 0 Å². The quantitative estimate of drug-likeness (QED) is 0.109. The van der Waals surface area contributed by atoms with Crippen molar-refractivity contribution in [2.45, 2.75) is 200 Å². The largest absolute Gasteiger partial charge is 0.352 e. The van der Waals surface area contributed by atoms with Crippen LogP contribution in [-0.2, 0) is 4.79 Å². The molecule has 3 nitrogen and oxygen atoms in total. The molecule has 1 aliphatic carbocycles. The van der Waals surface area contributed by atoms with Crippen LogP contribution < -0.4 is 5.32 Å². The number of likely N-dealkylation sites (N-methyl/N-ethyl adjacent to an activating group) is 1. The standard InChI is InChI=1S/C36H70N2O/c1-4-7-9-11-13-17-21-27-34(37-36(39)35-29-23-24-30-38(35)6-3)28-22-18-14-16-20-26-33-31-32(33)25-19-15-12-10-8-5-2/h32-35H,4-31H2,1-3H3,(H,37,39)/t32-,33-,34-,35-/m1/s1. The summed E-state index contributed by atoms with van der Waals surface area (Å²) in [5, 5.41) is 3.54. The molecule has 1 saturated heterocycles. The maximum Gasteiger partial charge on any atom is 0.237 e. The van der Waals surface area contributed by atoms with Crippen LogP contribution in [0, 0.1) is 11.8 Å². The number of piperidine rings is 1. The SMILES string of the molecule is CCCCCCCCC[C@H](CCCCCCC[C@@H]1C[C@H]1CCCCCCCC)NC(=O)[C@H]1CCCCN1CC. The molecule has 1 amide bonds.